The van der Waals surface area contributed by atoms with Crippen LogP contribution in [-0.4, -0.2) is 8.42 Å². The molecule has 1 aliphatic rings. The molecule has 3 rings (SSSR count). The molecule has 0 amide bonds. The molecule has 128 valence electrons. The molecule has 0 aromatic heterocycles. The van der Waals surface area contributed by atoms with Gasteiger partial charge in [0, 0.05) is 16.9 Å². The van der Waals surface area contributed by atoms with E-state index < -0.39 is 26.5 Å². The topological polar surface area (TPSA) is 61.2 Å². The van der Waals surface area contributed by atoms with Crippen molar-refractivity contribution in [2.75, 3.05) is 4.90 Å². The number of halogens is 4. The van der Waals surface area contributed by atoms with Crippen LogP contribution in [0.5, 0.6) is 0 Å². The lowest BCUT2D eigenvalue weighted by Gasteiger charge is -2.28. The summed E-state index contributed by atoms with van der Waals surface area (Å²) in [6, 6.07) is 9.79. The molecular weight excluding hydrogens is 377 g/mol. The zero-order valence-corrected chi connectivity index (χ0v) is 13.8. The number of rotatable bonds is 1. The summed E-state index contributed by atoms with van der Waals surface area (Å²) in [5.41, 5.74) is -0.763. The van der Waals surface area contributed by atoms with Gasteiger partial charge in [0.15, 0.2) is 4.91 Å². The number of allylic oxidation sites excluding steroid dienone is 1. The van der Waals surface area contributed by atoms with Crippen LogP contribution in [0.1, 0.15) is 5.56 Å². The number of benzene rings is 2. The van der Waals surface area contributed by atoms with Gasteiger partial charge in [0.2, 0.25) is 9.84 Å². The Morgan fingerprint density at radius 1 is 1.12 bits per heavy atom. The molecule has 0 bridgehead atoms. The molecule has 9 heteroatoms. The van der Waals surface area contributed by atoms with Crippen LogP contribution in [0.4, 0.5) is 24.5 Å². The average Bonchev–Trinajstić information content (AvgIpc) is 2.54. The largest absolute Gasteiger partial charge is 0.416 e. The number of hydrogen-bond donors (Lipinski definition) is 0. The van der Waals surface area contributed by atoms with Gasteiger partial charge in [0.25, 0.3) is 0 Å². The van der Waals surface area contributed by atoms with E-state index in [1.54, 1.807) is 6.07 Å². The molecule has 0 saturated heterocycles. The number of nitrogens with zero attached hydrogens (tertiary/aromatic N) is 2. The quantitative estimate of drug-likeness (QED) is 0.718. The number of sulfone groups is 1. The lowest BCUT2D eigenvalue weighted by Crippen LogP contribution is -2.21. The Hall–Kier alpha value is -2.50. The number of nitriles is 1. The fourth-order valence-electron chi connectivity index (χ4n) is 2.42. The molecule has 1 aliphatic heterocycles. The third-order valence-corrected chi connectivity index (χ3v) is 5.50. The molecule has 0 unspecified atom stereocenters. The number of fused-ring (bicyclic) bond motifs is 1. The molecule has 0 fully saturated rings. The Balaban J connectivity index is 2.27. The van der Waals surface area contributed by atoms with Crippen molar-refractivity contribution in [1.29, 1.82) is 5.26 Å². The molecule has 0 N–H and O–H groups in total. The van der Waals surface area contributed by atoms with Crippen LogP contribution in [0.25, 0.3) is 0 Å². The molecule has 0 radical (unpaired) electrons. The lowest BCUT2D eigenvalue weighted by atomic mass is 10.1. The SMILES string of the molecule is N#CC1=CN(c2cccc(C(F)(F)F)c2)c2cc(Cl)ccc2S1(=O)=O. The van der Waals surface area contributed by atoms with Gasteiger partial charge in [0.1, 0.15) is 6.07 Å². The van der Waals surface area contributed by atoms with Gasteiger partial charge < -0.3 is 4.90 Å². The maximum atomic E-state index is 13.0. The first-order valence-electron chi connectivity index (χ1n) is 6.77. The van der Waals surface area contributed by atoms with E-state index in [9.17, 15) is 21.6 Å². The van der Waals surface area contributed by atoms with Crippen LogP contribution >= 0.6 is 11.6 Å². The molecule has 0 spiro atoms. The van der Waals surface area contributed by atoms with E-state index in [1.165, 1.54) is 35.2 Å². The molecule has 0 atom stereocenters. The standard InChI is InChI=1S/C16H8ClF3N2O2S/c17-11-4-5-15-14(7-11)22(9-13(8-21)25(15,23)24)12-3-1-2-10(6-12)16(18,19)20/h1-7,9H. The van der Waals surface area contributed by atoms with E-state index in [4.69, 9.17) is 16.9 Å². The van der Waals surface area contributed by atoms with Gasteiger partial charge in [-0.2, -0.15) is 18.4 Å². The van der Waals surface area contributed by atoms with E-state index in [2.05, 4.69) is 0 Å². The second-order valence-corrected chi connectivity index (χ2v) is 7.46. The molecule has 4 nitrogen and oxygen atoms in total. The summed E-state index contributed by atoms with van der Waals surface area (Å²) in [5.74, 6) is 0. The monoisotopic (exact) mass is 384 g/mol. The van der Waals surface area contributed by atoms with E-state index in [0.717, 1.165) is 18.3 Å². The molecule has 25 heavy (non-hydrogen) atoms. The van der Waals surface area contributed by atoms with E-state index in [1.807, 2.05) is 0 Å². The lowest BCUT2D eigenvalue weighted by molar-refractivity contribution is -0.137. The zero-order valence-electron chi connectivity index (χ0n) is 12.2. The first kappa shape index (κ1) is 17.3. The second kappa shape index (κ2) is 5.79. The van der Waals surface area contributed by atoms with Gasteiger partial charge in [-0.25, -0.2) is 8.42 Å². The van der Waals surface area contributed by atoms with Crippen LogP contribution in [0.15, 0.2) is 58.5 Å². The van der Waals surface area contributed by atoms with Crippen LogP contribution in [0, 0.1) is 11.3 Å². The predicted octanol–water partition coefficient (Wildman–Crippen LogP) is 4.65. The van der Waals surface area contributed by atoms with Crippen molar-refractivity contribution in [2.24, 2.45) is 0 Å². The fourth-order valence-corrected chi connectivity index (χ4v) is 3.86. The summed E-state index contributed by atoms with van der Waals surface area (Å²) in [5, 5.41) is 9.33. The summed E-state index contributed by atoms with van der Waals surface area (Å²) in [7, 11) is -4.05. The van der Waals surface area contributed by atoms with Crippen molar-refractivity contribution in [3.63, 3.8) is 0 Å². The predicted molar refractivity (Wildman–Crippen MR) is 85.9 cm³/mol. The van der Waals surface area contributed by atoms with Gasteiger partial charge in [-0.15, -0.1) is 0 Å². The maximum Gasteiger partial charge on any atom is 0.416 e. The van der Waals surface area contributed by atoms with Gasteiger partial charge in [-0.3, -0.25) is 0 Å². The Labute approximate surface area is 146 Å². The normalized spacial score (nSPS) is 16.0. The van der Waals surface area contributed by atoms with Crippen molar-refractivity contribution in [1.82, 2.24) is 0 Å². The van der Waals surface area contributed by atoms with Crippen molar-refractivity contribution >= 4 is 32.8 Å². The smallest absolute Gasteiger partial charge is 0.314 e. The third kappa shape index (κ3) is 2.97. The Bertz CT molecular complexity index is 1040. The Morgan fingerprint density at radius 2 is 1.84 bits per heavy atom. The summed E-state index contributed by atoms with van der Waals surface area (Å²) >= 11 is 5.91. The number of anilines is 2. The minimum absolute atomic E-state index is 0.0565. The van der Waals surface area contributed by atoms with E-state index >= 15 is 0 Å². The Morgan fingerprint density at radius 3 is 2.48 bits per heavy atom. The van der Waals surface area contributed by atoms with Crippen molar-refractivity contribution in [3.8, 4) is 6.07 Å². The minimum atomic E-state index is -4.56. The highest BCUT2D eigenvalue weighted by Crippen LogP contribution is 2.41. The summed E-state index contributed by atoms with van der Waals surface area (Å²) in [6.07, 6.45) is -3.57. The Kier molecular flexibility index (Phi) is 4.01. The van der Waals surface area contributed by atoms with Gasteiger partial charge in [-0.05, 0) is 36.4 Å². The van der Waals surface area contributed by atoms with Crippen molar-refractivity contribution in [2.45, 2.75) is 11.1 Å². The number of alkyl halides is 3. The average molecular weight is 385 g/mol. The fraction of sp³-hybridized carbons (Fsp3) is 0.0625. The maximum absolute atomic E-state index is 13.0. The summed E-state index contributed by atoms with van der Waals surface area (Å²) in [4.78, 5) is 0.434. The van der Waals surface area contributed by atoms with Crippen LogP contribution in [0.2, 0.25) is 5.02 Å². The molecular formula is C16H8ClF3N2O2S. The molecule has 2 aromatic carbocycles. The van der Waals surface area contributed by atoms with Gasteiger partial charge in [-0.1, -0.05) is 17.7 Å². The summed E-state index contributed by atoms with van der Waals surface area (Å²) in [6.45, 7) is 0. The van der Waals surface area contributed by atoms with E-state index in [0.29, 0.717) is 0 Å². The van der Waals surface area contributed by atoms with Crippen molar-refractivity contribution < 1.29 is 21.6 Å². The molecule has 0 aliphatic carbocycles. The van der Waals surface area contributed by atoms with E-state index in [-0.39, 0.29) is 21.3 Å². The van der Waals surface area contributed by atoms with Gasteiger partial charge >= 0.3 is 6.18 Å². The zero-order chi connectivity index (χ0) is 18.4. The minimum Gasteiger partial charge on any atom is -0.314 e. The molecule has 0 saturated carbocycles. The van der Waals surface area contributed by atoms with Gasteiger partial charge in [0.05, 0.1) is 16.1 Å². The number of hydrogen-bond acceptors (Lipinski definition) is 4. The second-order valence-electron chi connectivity index (χ2n) is 5.14. The highest BCUT2D eigenvalue weighted by molar-refractivity contribution is 7.95. The first-order chi connectivity index (χ1) is 11.6. The van der Waals surface area contributed by atoms with Crippen LogP contribution in [0.3, 0.4) is 0 Å². The summed E-state index contributed by atoms with van der Waals surface area (Å²) < 4.78 is 63.7. The molecule has 1 heterocycles. The highest BCUT2D eigenvalue weighted by atomic mass is 35.5. The van der Waals surface area contributed by atoms with Crippen LogP contribution < -0.4 is 4.90 Å². The third-order valence-electron chi connectivity index (χ3n) is 3.57. The van der Waals surface area contributed by atoms with Crippen LogP contribution in [-0.2, 0) is 16.0 Å². The van der Waals surface area contributed by atoms with Crippen molar-refractivity contribution in [3.05, 3.63) is 64.2 Å². The first-order valence-corrected chi connectivity index (χ1v) is 8.64. The highest BCUT2D eigenvalue weighted by Gasteiger charge is 2.34. The molecule has 2 aromatic rings.